The number of carbonyl (C=O) groups is 1. The highest BCUT2D eigenvalue weighted by molar-refractivity contribution is 6.22. The monoisotopic (exact) mass is 263 g/mol. The second kappa shape index (κ2) is 4.81. The van der Waals surface area contributed by atoms with Crippen molar-refractivity contribution in [3.8, 4) is 11.1 Å². The largest absolute Gasteiger partial charge is 0.289 e. The lowest BCUT2D eigenvalue weighted by Gasteiger charge is -2.00. The molecule has 2 aromatic carbocycles. The molecule has 0 radical (unpaired) electrons. The van der Waals surface area contributed by atoms with E-state index in [4.69, 9.17) is 0 Å². The van der Waals surface area contributed by atoms with Gasteiger partial charge in [-0.3, -0.25) is 9.79 Å². The van der Waals surface area contributed by atoms with Gasteiger partial charge in [-0.05, 0) is 42.3 Å². The van der Waals surface area contributed by atoms with Crippen LogP contribution in [0.25, 0.3) is 11.1 Å². The Morgan fingerprint density at radius 2 is 1.50 bits per heavy atom. The molecule has 4 heteroatoms. The zero-order valence-corrected chi connectivity index (χ0v) is 11.3. The van der Waals surface area contributed by atoms with Gasteiger partial charge in [0.2, 0.25) is 0 Å². The van der Waals surface area contributed by atoms with E-state index in [1.807, 2.05) is 37.3 Å². The van der Waals surface area contributed by atoms with E-state index in [1.165, 1.54) is 0 Å². The summed E-state index contributed by atoms with van der Waals surface area (Å²) in [5, 5.41) is 7.72. The van der Waals surface area contributed by atoms with E-state index < -0.39 is 0 Å². The summed E-state index contributed by atoms with van der Waals surface area (Å²) in [4.78, 5) is 16.7. The second-order valence-electron chi connectivity index (χ2n) is 4.48. The zero-order chi connectivity index (χ0) is 14.1. The molecule has 20 heavy (non-hydrogen) atoms. The van der Waals surface area contributed by atoms with E-state index in [-0.39, 0.29) is 5.78 Å². The van der Waals surface area contributed by atoms with Crippen LogP contribution in [0.1, 0.15) is 22.8 Å². The summed E-state index contributed by atoms with van der Waals surface area (Å²) in [5.74, 6) is 0.0244. The zero-order valence-electron chi connectivity index (χ0n) is 11.3. The van der Waals surface area contributed by atoms with Crippen molar-refractivity contribution in [2.45, 2.75) is 6.92 Å². The fourth-order valence-electron chi connectivity index (χ4n) is 2.46. The van der Waals surface area contributed by atoms with E-state index in [0.29, 0.717) is 16.8 Å². The highest BCUT2D eigenvalue weighted by Gasteiger charge is 2.27. The third-order valence-electron chi connectivity index (χ3n) is 3.28. The molecule has 0 saturated heterocycles. The first-order valence-electron chi connectivity index (χ1n) is 6.36. The van der Waals surface area contributed by atoms with Crippen LogP contribution in [0.5, 0.6) is 0 Å². The summed E-state index contributed by atoms with van der Waals surface area (Å²) in [5.41, 5.74) is 4.78. The summed E-state index contributed by atoms with van der Waals surface area (Å²) >= 11 is 0. The summed E-state index contributed by atoms with van der Waals surface area (Å²) < 4.78 is 0. The molecule has 0 bridgehead atoms. The molecule has 0 N–H and O–H groups in total. The molecule has 3 rings (SSSR count). The molecule has 0 saturated carbocycles. The second-order valence-corrected chi connectivity index (χ2v) is 4.48. The average Bonchev–Trinajstić information content (AvgIpc) is 2.73. The topological polar surface area (TPSA) is 54.1 Å². The Kier molecular flexibility index (Phi) is 2.99. The van der Waals surface area contributed by atoms with Crippen molar-refractivity contribution in [1.29, 1.82) is 0 Å². The fourth-order valence-corrected chi connectivity index (χ4v) is 2.46. The minimum absolute atomic E-state index is 0.0244. The van der Waals surface area contributed by atoms with Crippen LogP contribution in [0.3, 0.4) is 0 Å². The molecule has 1 aliphatic carbocycles. The molecule has 98 valence electrons. The number of ketones is 1. The molecule has 0 aromatic heterocycles. The van der Waals surface area contributed by atoms with Gasteiger partial charge in [0.15, 0.2) is 5.78 Å². The Hall–Kier alpha value is -2.62. The van der Waals surface area contributed by atoms with Crippen LogP contribution in [0.15, 0.2) is 51.6 Å². The number of benzene rings is 2. The number of hydrogen-bond acceptors (Lipinski definition) is 4. The van der Waals surface area contributed by atoms with Crippen LogP contribution in [0.4, 0.5) is 11.4 Å². The molecule has 0 atom stereocenters. The molecule has 0 unspecified atom stereocenters. The van der Waals surface area contributed by atoms with E-state index in [9.17, 15) is 4.79 Å². The molecule has 0 amide bonds. The average molecular weight is 263 g/mol. The van der Waals surface area contributed by atoms with Crippen molar-refractivity contribution < 1.29 is 4.79 Å². The maximum absolute atomic E-state index is 12.5. The predicted octanol–water partition coefficient (Wildman–Crippen LogP) is 4.33. The molecule has 0 aliphatic heterocycles. The number of carbonyl (C=O) groups excluding carboxylic acids is 1. The minimum atomic E-state index is 0.0244. The van der Waals surface area contributed by atoms with Crippen molar-refractivity contribution in [1.82, 2.24) is 0 Å². The first-order chi connectivity index (χ1) is 9.74. The van der Waals surface area contributed by atoms with Crippen molar-refractivity contribution in [3.63, 3.8) is 0 Å². The predicted molar refractivity (Wildman–Crippen MR) is 79.6 cm³/mol. The van der Waals surface area contributed by atoms with Crippen molar-refractivity contribution in [2.24, 2.45) is 15.2 Å². The third kappa shape index (κ3) is 1.86. The molecule has 1 aliphatic rings. The smallest absolute Gasteiger partial charge is 0.194 e. The van der Waals surface area contributed by atoms with Gasteiger partial charge in [0.1, 0.15) is 0 Å². The lowest BCUT2D eigenvalue weighted by Crippen LogP contribution is -1.94. The Labute approximate surface area is 116 Å². The van der Waals surface area contributed by atoms with Crippen LogP contribution in [0.2, 0.25) is 0 Å². The highest BCUT2D eigenvalue weighted by Crippen LogP contribution is 2.39. The van der Waals surface area contributed by atoms with Gasteiger partial charge in [0, 0.05) is 24.4 Å². The maximum atomic E-state index is 12.5. The Morgan fingerprint density at radius 3 is 2.10 bits per heavy atom. The minimum Gasteiger partial charge on any atom is -0.289 e. The van der Waals surface area contributed by atoms with Crippen LogP contribution >= 0.6 is 0 Å². The molecule has 4 nitrogen and oxygen atoms in total. The van der Waals surface area contributed by atoms with Gasteiger partial charge in [0.25, 0.3) is 0 Å². The number of nitrogens with zero attached hydrogens (tertiary/aromatic N) is 3. The van der Waals surface area contributed by atoms with Gasteiger partial charge in [-0.2, -0.15) is 10.2 Å². The van der Waals surface area contributed by atoms with Crippen molar-refractivity contribution >= 4 is 23.4 Å². The molecular formula is C16H13N3O. The first kappa shape index (κ1) is 12.4. The summed E-state index contributed by atoms with van der Waals surface area (Å²) in [7, 11) is 1.61. The van der Waals surface area contributed by atoms with E-state index >= 15 is 0 Å². The molecule has 0 fully saturated rings. The van der Waals surface area contributed by atoms with Gasteiger partial charge in [-0.15, -0.1) is 0 Å². The standard InChI is InChI=1S/C16H13N3O/c1-3-18-10-4-6-12-13-7-5-11(19-17-2)9-15(13)16(20)14(12)8-10/h3-9H,1-2H3. The Balaban J connectivity index is 2.15. The quantitative estimate of drug-likeness (QED) is 0.501. The van der Waals surface area contributed by atoms with Gasteiger partial charge < -0.3 is 0 Å². The van der Waals surface area contributed by atoms with E-state index in [2.05, 4.69) is 15.2 Å². The van der Waals surface area contributed by atoms with Gasteiger partial charge in [-0.1, -0.05) is 12.1 Å². The fraction of sp³-hybridized carbons (Fsp3) is 0.125. The first-order valence-corrected chi connectivity index (χ1v) is 6.36. The van der Waals surface area contributed by atoms with E-state index in [0.717, 1.165) is 16.8 Å². The van der Waals surface area contributed by atoms with Crippen LogP contribution < -0.4 is 0 Å². The third-order valence-corrected chi connectivity index (χ3v) is 3.28. The SMILES string of the molecule is CC=Nc1ccc2c(c1)C(=O)c1cc(N=NC)ccc1-2. The van der Waals surface area contributed by atoms with Gasteiger partial charge in [0.05, 0.1) is 11.4 Å². The molecule has 2 aromatic rings. The summed E-state index contributed by atoms with van der Waals surface area (Å²) in [6, 6.07) is 11.3. The number of aliphatic imine (C=N–C) groups is 1. The number of fused-ring (bicyclic) bond motifs is 3. The van der Waals surface area contributed by atoms with E-state index in [1.54, 1.807) is 19.3 Å². The summed E-state index contributed by atoms with van der Waals surface area (Å²) in [6.07, 6.45) is 1.72. The molecule has 0 heterocycles. The van der Waals surface area contributed by atoms with Crippen LogP contribution in [-0.2, 0) is 0 Å². The Bertz CT molecular complexity index is 697. The Morgan fingerprint density at radius 1 is 0.900 bits per heavy atom. The lowest BCUT2D eigenvalue weighted by molar-refractivity contribution is 0.104. The van der Waals surface area contributed by atoms with Gasteiger partial charge in [-0.25, -0.2) is 0 Å². The normalized spacial score (nSPS) is 13.2. The van der Waals surface area contributed by atoms with Crippen LogP contribution in [-0.4, -0.2) is 19.0 Å². The number of azo groups is 1. The molecule has 0 spiro atoms. The maximum Gasteiger partial charge on any atom is 0.194 e. The van der Waals surface area contributed by atoms with Crippen molar-refractivity contribution in [2.75, 3.05) is 7.05 Å². The molecular weight excluding hydrogens is 250 g/mol. The number of hydrogen-bond donors (Lipinski definition) is 0. The van der Waals surface area contributed by atoms with Gasteiger partial charge >= 0.3 is 0 Å². The summed E-state index contributed by atoms with van der Waals surface area (Å²) in [6.45, 7) is 1.85. The number of rotatable bonds is 2. The van der Waals surface area contributed by atoms with Crippen molar-refractivity contribution in [3.05, 3.63) is 47.5 Å². The van der Waals surface area contributed by atoms with Crippen LogP contribution in [0, 0.1) is 0 Å². The lowest BCUT2D eigenvalue weighted by atomic mass is 10.1. The highest BCUT2D eigenvalue weighted by atomic mass is 16.1.